The van der Waals surface area contributed by atoms with Crippen LogP contribution in [0.2, 0.25) is 0 Å². The first kappa shape index (κ1) is 30.8. The van der Waals surface area contributed by atoms with Crippen molar-refractivity contribution >= 4 is 39.5 Å². The average molecular weight is 619 g/mol. The van der Waals surface area contributed by atoms with Crippen molar-refractivity contribution in [1.29, 1.82) is 0 Å². The van der Waals surface area contributed by atoms with Crippen LogP contribution in [0.1, 0.15) is 35.1 Å². The van der Waals surface area contributed by atoms with Gasteiger partial charge < -0.3 is 30.1 Å². The van der Waals surface area contributed by atoms with Gasteiger partial charge in [0.15, 0.2) is 0 Å². The molecular formula is C33H34N2O8S. The third-order valence-electron chi connectivity index (χ3n) is 7.65. The van der Waals surface area contributed by atoms with Gasteiger partial charge in [-0.1, -0.05) is 18.2 Å². The van der Waals surface area contributed by atoms with E-state index in [4.69, 9.17) is 29.3 Å². The van der Waals surface area contributed by atoms with Gasteiger partial charge in [0.25, 0.3) is 0 Å². The maximum Gasteiger partial charge on any atom is 0.414 e. The van der Waals surface area contributed by atoms with Crippen LogP contribution in [-0.2, 0) is 27.3 Å². The highest BCUT2D eigenvalue weighted by Crippen LogP contribution is 2.41. The molecule has 10 nitrogen and oxygen atoms in total. The molecule has 0 spiro atoms. The molecule has 0 aliphatic carbocycles. The molecule has 0 bridgehead atoms. The van der Waals surface area contributed by atoms with Crippen LogP contribution in [0.4, 0.5) is 4.79 Å². The molecule has 1 amide bonds. The molecule has 1 atom stereocenters. The molecule has 0 radical (unpaired) electrons. The number of aliphatic carboxylic acids is 2. The Balaban J connectivity index is 0.000000584. The average Bonchev–Trinajstić information content (AvgIpc) is 3.75. The Morgan fingerprint density at radius 2 is 1.75 bits per heavy atom. The predicted molar refractivity (Wildman–Crippen MR) is 166 cm³/mol. The summed E-state index contributed by atoms with van der Waals surface area (Å²) in [5.74, 6) is -2.62. The van der Waals surface area contributed by atoms with Crippen molar-refractivity contribution in [2.45, 2.75) is 38.8 Å². The van der Waals surface area contributed by atoms with Gasteiger partial charge in [-0.15, -0.1) is 11.3 Å². The standard InChI is InChI=1S/C31H32N2O4S.C2H2O4/c1-20-14-21(4-5-23(20)17-33-12-2-3-13-33)15-28-27-11-8-25(34)16-29(27)38-30(28)22-6-9-26(10-7-22)36-18-24-19-37-31(35)32-24;3-1(4)2(5)6/h4-11,14,16,24,34H,2-3,12-13,15,17-19H2,1H3,(H,32,35);(H,3,4)(H,5,6). The second kappa shape index (κ2) is 13.8. The van der Waals surface area contributed by atoms with E-state index in [9.17, 15) is 9.90 Å². The molecule has 2 fully saturated rings. The number of ether oxygens (including phenoxy) is 2. The summed E-state index contributed by atoms with van der Waals surface area (Å²) in [4.78, 5) is 33.2. The zero-order valence-corrected chi connectivity index (χ0v) is 25.1. The van der Waals surface area contributed by atoms with E-state index in [1.807, 2.05) is 24.3 Å². The lowest BCUT2D eigenvalue weighted by atomic mass is 9.96. The number of carboxylic acid groups (broad SMARTS) is 2. The fourth-order valence-electron chi connectivity index (χ4n) is 5.39. The molecule has 11 heteroatoms. The zero-order valence-electron chi connectivity index (χ0n) is 24.2. The van der Waals surface area contributed by atoms with Crippen LogP contribution in [0.15, 0.2) is 60.7 Å². The largest absolute Gasteiger partial charge is 0.508 e. The maximum absolute atomic E-state index is 11.2. The summed E-state index contributed by atoms with van der Waals surface area (Å²) in [7, 11) is 0. The molecule has 6 rings (SSSR count). The Labute approximate surface area is 258 Å². The van der Waals surface area contributed by atoms with Crippen molar-refractivity contribution in [3.8, 4) is 21.9 Å². The van der Waals surface area contributed by atoms with Crippen molar-refractivity contribution in [1.82, 2.24) is 10.2 Å². The molecule has 1 aromatic heterocycles. The number of rotatable bonds is 8. The van der Waals surface area contributed by atoms with Gasteiger partial charge in [0.1, 0.15) is 30.8 Å². The van der Waals surface area contributed by atoms with Crippen molar-refractivity contribution in [2.75, 3.05) is 26.3 Å². The number of fused-ring (bicyclic) bond motifs is 1. The fourth-order valence-corrected chi connectivity index (χ4v) is 6.65. The summed E-state index contributed by atoms with van der Waals surface area (Å²) in [6, 6.07) is 20.5. The molecule has 0 saturated carbocycles. The number of phenols is 1. The number of phenolic OH excluding ortho intramolecular Hbond substituents is 1. The number of nitrogens with one attached hydrogen (secondary N) is 1. The molecule has 2 aliphatic rings. The molecule has 2 saturated heterocycles. The van der Waals surface area contributed by atoms with E-state index in [1.54, 1.807) is 17.4 Å². The van der Waals surface area contributed by atoms with Crippen LogP contribution in [-0.4, -0.2) is 70.6 Å². The van der Waals surface area contributed by atoms with Crippen molar-refractivity contribution in [2.24, 2.45) is 0 Å². The van der Waals surface area contributed by atoms with Gasteiger partial charge in [-0.05, 0) is 115 Å². The monoisotopic (exact) mass is 618 g/mol. The zero-order chi connectivity index (χ0) is 31.2. The number of aromatic hydroxyl groups is 1. The second-order valence-corrected chi connectivity index (χ2v) is 11.9. The van der Waals surface area contributed by atoms with Gasteiger partial charge >= 0.3 is 18.0 Å². The molecule has 1 unspecified atom stereocenters. The van der Waals surface area contributed by atoms with Crippen molar-refractivity contribution in [3.05, 3.63) is 82.9 Å². The number of carbonyl (C=O) groups is 3. The number of benzene rings is 3. The smallest absolute Gasteiger partial charge is 0.414 e. The van der Waals surface area contributed by atoms with Gasteiger partial charge in [-0.25, -0.2) is 14.4 Å². The third-order valence-corrected chi connectivity index (χ3v) is 8.89. The Bertz CT molecular complexity index is 1650. The summed E-state index contributed by atoms with van der Waals surface area (Å²) >= 11 is 1.71. The van der Waals surface area contributed by atoms with Crippen LogP contribution in [0.3, 0.4) is 0 Å². The summed E-state index contributed by atoms with van der Waals surface area (Å²) < 4.78 is 11.9. The van der Waals surface area contributed by atoms with Crippen LogP contribution in [0.5, 0.6) is 11.5 Å². The minimum Gasteiger partial charge on any atom is -0.508 e. The number of hydrogen-bond donors (Lipinski definition) is 4. The fraction of sp³-hybridized carbons (Fsp3) is 0.303. The number of thiophene rings is 1. The number of alkyl carbamates (subject to hydrolysis) is 1. The minimum absolute atomic E-state index is 0.130. The lowest BCUT2D eigenvalue weighted by Gasteiger charge is -2.17. The van der Waals surface area contributed by atoms with E-state index in [0.29, 0.717) is 13.2 Å². The number of nitrogens with zero attached hydrogens (tertiary/aromatic N) is 1. The quantitative estimate of drug-likeness (QED) is 0.190. The van der Waals surface area contributed by atoms with Crippen LogP contribution < -0.4 is 10.1 Å². The van der Waals surface area contributed by atoms with E-state index in [0.717, 1.165) is 29.0 Å². The number of cyclic esters (lactones) is 1. The molecule has 3 aromatic carbocycles. The SMILES string of the molecule is Cc1cc(Cc2c(-c3ccc(OCC4COC(=O)N4)cc3)sc3cc(O)ccc23)ccc1CN1CCCC1.O=C(O)C(=O)O. The van der Waals surface area contributed by atoms with Gasteiger partial charge in [0, 0.05) is 16.1 Å². The molecule has 2 aliphatic heterocycles. The maximum atomic E-state index is 11.2. The topological polar surface area (TPSA) is 146 Å². The number of carboxylic acids is 2. The highest BCUT2D eigenvalue weighted by atomic mass is 32.1. The van der Waals surface area contributed by atoms with Gasteiger partial charge in [-0.3, -0.25) is 4.90 Å². The first-order valence-electron chi connectivity index (χ1n) is 14.3. The Morgan fingerprint density at radius 1 is 1.02 bits per heavy atom. The van der Waals surface area contributed by atoms with Crippen LogP contribution in [0, 0.1) is 6.92 Å². The van der Waals surface area contributed by atoms with Crippen LogP contribution >= 0.6 is 11.3 Å². The van der Waals surface area contributed by atoms with E-state index in [2.05, 4.69) is 47.5 Å². The number of hydrogen-bond acceptors (Lipinski definition) is 8. The summed E-state index contributed by atoms with van der Waals surface area (Å²) in [6.07, 6.45) is 3.04. The number of amides is 1. The van der Waals surface area contributed by atoms with Gasteiger partial charge in [-0.2, -0.15) is 0 Å². The minimum atomic E-state index is -1.82. The summed E-state index contributed by atoms with van der Waals surface area (Å²) in [6.45, 7) is 6.36. The highest BCUT2D eigenvalue weighted by molar-refractivity contribution is 7.22. The Morgan fingerprint density at radius 3 is 2.39 bits per heavy atom. The Hall–Kier alpha value is -4.61. The molecular weight excluding hydrogens is 584 g/mol. The number of carbonyl (C=O) groups excluding carboxylic acids is 1. The first-order chi connectivity index (χ1) is 21.2. The van der Waals surface area contributed by atoms with Crippen molar-refractivity contribution < 1.29 is 39.2 Å². The molecule has 4 N–H and O–H groups in total. The van der Waals surface area contributed by atoms with Gasteiger partial charge in [0.2, 0.25) is 0 Å². The van der Waals surface area contributed by atoms with E-state index in [-0.39, 0.29) is 11.8 Å². The predicted octanol–water partition coefficient (Wildman–Crippen LogP) is 5.41. The normalized spacial score (nSPS) is 16.2. The third kappa shape index (κ3) is 7.66. The number of likely N-dealkylation sites (tertiary alicyclic amines) is 1. The van der Waals surface area contributed by atoms with E-state index < -0.39 is 18.0 Å². The van der Waals surface area contributed by atoms with Gasteiger partial charge in [0.05, 0.1) is 0 Å². The lowest BCUT2D eigenvalue weighted by molar-refractivity contribution is -0.159. The molecule has 230 valence electrons. The second-order valence-electron chi connectivity index (χ2n) is 10.9. The highest BCUT2D eigenvalue weighted by Gasteiger charge is 2.23. The summed E-state index contributed by atoms with van der Waals surface area (Å²) in [5.41, 5.74) is 6.44. The number of aryl methyl sites for hydroxylation is 1. The molecule has 44 heavy (non-hydrogen) atoms. The Kier molecular flexibility index (Phi) is 9.66. The summed E-state index contributed by atoms with van der Waals surface area (Å²) in [5, 5.41) is 28.8. The molecule has 3 heterocycles. The lowest BCUT2D eigenvalue weighted by Crippen LogP contribution is -2.32. The van der Waals surface area contributed by atoms with Crippen LogP contribution in [0.25, 0.3) is 20.5 Å². The molecule has 4 aromatic rings. The van der Waals surface area contributed by atoms with Crippen molar-refractivity contribution in [3.63, 3.8) is 0 Å². The van der Waals surface area contributed by atoms with E-state index >= 15 is 0 Å². The first-order valence-corrected chi connectivity index (χ1v) is 15.2. The van der Waals surface area contributed by atoms with E-state index in [1.165, 1.54) is 58.4 Å².